The van der Waals surface area contributed by atoms with E-state index in [0.29, 0.717) is 37.1 Å². The van der Waals surface area contributed by atoms with Crippen LogP contribution in [-0.4, -0.2) is 105 Å². The lowest BCUT2D eigenvalue weighted by Gasteiger charge is -2.32. The fraction of sp³-hybridized carbons (Fsp3) is 0.500. The van der Waals surface area contributed by atoms with E-state index in [2.05, 4.69) is 30.6 Å². The minimum absolute atomic E-state index is 0.0493. The zero-order valence-corrected chi connectivity index (χ0v) is 27.2. The number of aromatic nitrogens is 4. The molecule has 0 spiro atoms. The summed E-state index contributed by atoms with van der Waals surface area (Å²) in [6.45, 7) is 0.851. The van der Waals surface area contributed by atoms with E-state index in [1.54, 1.807) is 17.0 Å². The van der Waals surface area contributed by atoms with Gasteiger partial charge in [-0.15, -0.1) is 0 Å². The van der Waals surface area contributed by atoms with Crippen LogP contribution >= 0.6 is 0 Å². The monoisotopic (exact) mass is 729 g/mol. The summed E-state index contributed by atoms with van der Waals surface area (Å²) in [6, 6.07) is 5.79. The van der Waals surface area contributed by atoms with Gasteiger partial charge < -0.3 is 10.2 Å². The van der Waals surface area contributed by atoms with Crippen LogP contribution in [0, 0.1) is 0 Å². The zero-order valence-electron chi connectivity index (χ0n) is 26.4. The maximum absolute atomic E-state index is 13.7. The maximum Gasteiger partial charge on any atom is 0.419 e. The Labute approximate surface area is 282 Å². The third kappa shape index (κ3) is 8.18. The highest BCUT2D eigenvalue weighted by molar-refractivity contribution is 7.89. The number of hydrogen-bond donors (Lipinski definition) is 2. The number of urea groups is 1. The lowest BCUT2D eigenvalue weighted by Crippen LogP contribution is -2.54. The van der Waals surface area contributed by atoms with Crippen molar-refractivity contribution in [3.63, 3.8) is 0 Å². The van der Waals surface area contributed by atoms with Gasteiger partial charge in [-0.05, 0) is 37.0 Å². The predicted octanol–water partition coefficient (Wildman–Crippen LogP) is 3.70. The van der Waals surface area contributed by atoms with Crippen LogP contribution in [-0.2, 0) is 34.1 Å². The smallest absolute Gasteiger partial charge is 0.351 e. The Hall–Kier alpha value is -4.30. The lowest BCUT2D eigenvalue weighted by molar-refractivity contribution is -0.142. The number of rotatable bonds is 9. The molecule has 50 heavy (non-hydrogen) atoms. The molecule has 3 fully saturated rings. The molecule has 3 aromatic rings. The molecule has 5 heterocycles. The first-order valence-electron chi connectivity index (χ1n) is 15.8. The zero-order chi connectivity index (χ0) is 35.8. The number of imide groups is 1. The van der Waals surface area contributed by atoms with Crippen molar-refractivity contribution in [1.29, 1.82) is 0 Å². The van der Waals surface area contributed by atoms with Crippen molar-refractivity contribution in [2.24, 2.45) is 0 Å². The Morgan fingerprint density at radius 1 is 0.980 bits per heavy atom. The van der Waals surface area contributed by atoms with Crippen molar-refractivity contribution in [1.82, 2.24) is 39.2 Å². The van der Waals surface area contributed by atoms with E-state index in [-0.39, 0.29) is 60.7 Å². The van der Waals surface area contributed by atoms with Gasteiger partial charge in [0.05, 0.1) is 16.8 Å². The second-order valence-corrected chi connectivity index (χ2v) is 14.4. The second-order valence-electron chi connectivity index (χ2n) is 12.4. The van der Waals surface area contributed by atoms with Gasteiger partial charge in [0.1, 0.15) is 12.1 Å². The third-order valence-corrected chi connectivity index (χ3v) is 10.7. The lowest BCUT2D eigenvalue weighted by atomic mass is 10.1. The molecular weight excluding hydrogens is 696 g/mol. The van der Waals surface area contributed by atoms with Gasteiger partial charge in [0.25, 0.3) is 0 Å². The van der Waals surface area contributed by atoms with E-state index in [1.807, 2.05) is 6.07 Å². The molecule has 1 aromatic carbocycles. The van der Waals surface area contributed by atoms with Crippen molar-refractivity contribution in [3.05, 3.63) is 54.0 Å². The number of benzene rings is 1. The summed E-state index contributed by atoms with van der Waals surface area (Å²) >= 11 is 0. The van der Waals surface area contributed by atoms with Crippen LogP contribution in [0.2, 0.25) is 0 Å². The van der Waals surface area contributed by atoms with Crippen LogP contribution < -0.4 is 10.6 Å². The van der Waals surface area contributed by atoms with Gasteiger partial charge in [0.2, 0.25) is 21.9 Å². The number of amides is 3. The van der Waals surface area contributed by atoms with E-state index in [1.165, 1.54) is 10.4 Å². The molecule has 3 saturated heterocycles. The minimum atomic E-state index is -4.89. The Bertz CT molecular complexity index is 1840. The number of hydrogen-bond acceptors (Lipinski definition) is 9. The summed E-state index contributed by atoms with van der Waals surface area (Å²) in [5, 5.41) is 8.80. The Balaban J connectivity index is 1.07. The highest BCUT2D eigenvalue weighted by Crippen LogP contribution is 2.36. The molecule has 0 radical (unpaired) electrons. The Kier molecular flexibility index (Phi) is 9.79. The minimum Gasteiger partial charge on any atom is -0.351 e. The average molecular weight is 730 g/mol. The first kappa shape index (κ1) is 35.5. The van der Waals surface area contributed by atoms with Gasteiger partial charge >= 0.3 is 18.4 Å². The molecular formula is C30H33F6N9O4S. The molecule has 2 N–H and O–H groups in total. The number of likely N-dealkylation sites (tertiary alicyclic amines) is 1. The molecule has 1 unspecified atom stereocenters. The molecule has 13 nitrogen and oxygen atoms in total. The highest BCUT2D eigenvalue weighted by atomic mass is 32.2. The Morgan fingerprint density at radius 3 is 2.44 bits per heavy atom. The summed E-state index contributed by atoms with van der Waals surface area (Å²) in [5.41, 5.74) is -1.37. The molecule has 3 amide bonds. The first-order valence-corrected chi connectivity index (χ1v) is 17.2. The SMILES string of the molecule is O=C1CCN(C2CCN(Cc3cccc(S(=O)(=O)N4CCC(Nc5ncc(C(F)(F)F)c(-c6cnn(CC(F)(F)F)c6)n5)CC4)c3)C2)C(=O)N1. The molecule has 270 valence electrons. The van der Waals surface area contributed by atoms with E-state index in [4.69, 9.17) is 0 Å². The molecule has 3 aliphatic rings. The van der Waals surface area contributed by atoms with E-state index in [9.17, 15) is 44.3 Å². The van der Waals surface area contributed by atoms with Crippen LogP contribution in [0.5, 0.6) is 0 Å². The van der Waals surface area contributed by atoms with Crippen molar-refractivity contribution in [2.75, 3.05) is 38.0 Å². The summed E-state index contributed by atoms with van der Waals surface area (Å²) in [4.78, 5) is 35.4. The molecule has 2 aromatic heterocycles. The molecule has 0 aliphatic carbocycles. The van der Waals surface area contributed by atoms with E-state index >= 15 is 0 Å². The number of alkyl halides is 6. The average Bonchev–Trinajstić information content (AvgIpc) is 3.70. The number of nitrogens with one attached hydrogen (secondary N) is 2. The van der Waals surface area contributed by atoms with Crippen LogP contribution in [0.4, 0.5) is 37.1 Å². The quantitative estimate of drug-likeness (QED) is 0.315. The van der Waals surface area contributed by atoms with Crippen LogP contribution in [0.15, 0.2) is 47.8 Å². The van der Waals surface area contributed by atoms with Gasteiger partial charge in [-0.25, -0.2) is 23.2 Å². The van der Waals surface area contributed by atoms with Crippen LogP contribution in [0.1, 0.15) is 36.8 Å². The Morgan fingerprint density at radius 2 is 1.74 bits per heavy atom. The highest BCUT2D eigenvalue weighted by Gasteiger charge is 2.38. The number of halogens is 6. The summed E-state index contributed by atoms with van der Waals surface area (Å²) < 4.78 is 109. The van der Waals surface area contributed by atoms with Crippen LogP contribution in [0.3, 0.4) is 0 Å². The maximum atomic E-state index is 13.7. The van der Waals surface area contributed by atoms with E-state index in [0.717, 1.165) is 24.4 Å². The molecule has 20 heteroatoms. The van der Waals surface area contributed by atoms with Gasteiger partial charge in [0.15, 0.2) is 0 Å². The second kappa shape index (κ2) is 13.8. The van der Waals surface area contributed by atoms with Crippen LogP contribution in [0.25, 0.3) is 11.3 Å². The topological polar surface area (TPSA) is 146 Å². The fourth-order valence-electron chi connectivity index (χ4n) is 6.41. The number of carbonyl (C=O) groups excluding carboxylic acids is 2. The largest absolute Gasteiger partial charge is 0.419 e. The summed E-state index contributed by atoms with van der Waals surface area (Å²) in [7, 11) is -3.88. The molecule has 0 saturated carbocycles. The molecule has 1 atom stereocenters. The predicted molar refractivity (Wildman–Crippen MR) is 165 cm³/mol. The van der Waals surface area contributed by atoms with Gasteiger partial charge in [-0.3, -0.25) is 19.7 Å². The fourth-order valence-corrected chi connectivity index (χ4v) is 7.95. The first-order chi connectivity index (χ1) is 23.5. The third-order valence-electron chi connectivity index (χ3n) is 8.85. The number of anilines is 1. The number of piperidine rings is 1. The van der Waals surface area contributed by atoms with Crippen molar-refractivity contribution in [2.45, 2.75) is 68.1 Å². The standard InChI is InChI=1S/C30H33F6N9O4S/c31-29(32,33)18-43-16-20(13-38-43)26-24(30(34,35)36)14-37-27(41-26)39-21-4-9-44(10-5-21)50(48,49)23-3-1-2-19(12-23)15-42-8-6-22(17-42)45-11-7-25(46)40-28(45)47/h1-3,12-14,16,21-22H,4-11,15,17-18H2,(H,37,39,41)(H,40,46,47). The van der Waals surface area contributed by atoms with Crippen molar-refractivity contribution >= 4 is 27.9 Å². The molecule has 0 bridgehead atoms. The van der Waals surface area contributed by atoms with Gasteiger partial charge in [0, 0.05) is 75.7 Å². The molecule has 3 aliphatic heterocycles. The number of sulfonamides is 1. The van der Waals surface area contributed by atoms with Crippen molar-refractivity contribution < 1.29 is 44.3 Å². The van der Waals surface area contributed by atoms with Crippen molar-refractivity contribution in [3.8, 4) is 11.3 Å². The summed E-state index contributed by atoms with van der Waals surface area (Å²) in [5.74, 6) is -0.483. The van der Waals surface area contributed by atoms with E-state index < -0.39 is 52.3 Å². The van der Waals surface area contributed by atoms with Gasteiger partial charge in [-0.2, -0.15) is 35.7 Å². The molecule has 6 rings (SSSR count). The van der Waals surface area contributed by atoms with Gasteiger partial charge in [-0.1, -0.05) is 12.1 Å². The summed E-state index contributed by atoms with van der Waals surface area (Å²) in [6.07, 6.45) is -5.72. The number of carbonyl (C=O) groups is 2. The normalized spacial score (nSPS) is 20.4. The number of nitrogens with zero attached hydrogens (tertiary/aromatic N) is 7.